The van der Waals surface area contributed by atoms with E-state index in [1.165, 1.54) is 30.6 Å². The molecule has 166 valence electrons. The van der Waals surface area contributed by atoms with Crippen LogP contribution in [0.4, 0.5) is 24.7 Å². The Hall–Kier alpha value is -3.99. The summed E-state index contributed by atoms with van der Waals surface area (Å²) in [6.07, 6.45) is 1.34. The van der Waals surface area contributed by atoms with Crippen LogP contribution in [0.15, 0.2) is 48.8 Å². The van der Waals surface area contributed by atoms with Gasteiger partial charge in [0.1, 0.15) is 34.0 Å². The molecule has 0 spiro atoms. The summed E-state index contributed by atoms with van der Waals surface area (Å²) in [5, 5.41) is 10.3. The average molecular weight is 472 g/mol. The van der Waals surface area contributed by atoms with Crippen molar-refractivity contribution in [2.24, 2.45) is 0 Å². The highest BCUT2D eigenvalue weighted by Crippen LogP contribution is 2.33. The SMILES string of the molecule is Cc1c(Oc2ccc3c(c2)nnn3C(F)F)ccc(Nc2ncnc3ccc(Cl)nc23)c1F. The lowest BCUT2D eigenvalue weighted by molar-refractivity contribution is 0.0593. The lowest BCUT2D eigenvalue weighted by atomic mass is 10.1. The van der Waals surface area contributed by atoms with E-state index in [1.807, 2.05) is 0 Å². The van der Waals surface area contributed by atoms with Gasteiger partial charge < -0.3 is 10.1 Å². The molecule has 0 unspecified atom stereocenters. The Balaban J connectivity index is 1.44. The van der Waals surface area contributed by atoms with Crippen molar-refractivity contribution in [3.8, 4) is 11.5 Å². The number of pyridine rings is 1. The van der Waals surface area contributed by atoms with E-state index in [1.54, 1.807) is 25.1 Å². The Morgan fingerprint density at radius 3 is 2.73 bits per heavy atom. The Labute approximate surface area is 189 Å². The summed E-state index contributed by atoms with van der Waals surface area (Å²) in [5.41, 5.74) is 1.70. The first-order valence-corrected chi connectivity index (χ1v) is 9.93. The maximum Gasteiger partial charge on any atom is 0.335 e. The van der Waals surface area contributed by atoms with Crippen molar-refractivity contribution in [1.29, 1.82) is 0 Å². The summed E-state index contributed by atoms with van der Waals surface area (Å²) >= 11 is 5.97. The molecule has 0 amide bonds. The molecule has 8 nitrogen and oxygen atoms in total. The molecule has 3 aromatic heterocycles. The van der Waals surface area contributed by atoms with E-state index in [9.17, 15) is 8.78 Å². The molecule has 0 bridgehead atoms. The van der Waals surface area contributed by atoms with E-state index in [4.69, 9.17) is 16.3 Å². The molecule has 0 saturated carbocycles. The molecule has 0 atom stereocenters. The van der Waals surface area contributed by atoms with Gasteiger partial charge in [0, 0.05) is 11.6 Å². The number of halogens is 4. The quantitative estimate of drug-likeness (QED) is 0.324. The lowest BCUT2D eigenvalue weighted by Gasteiger charge is -2.14. The van der Waals surface area contributed by atoms with E-state index < -0.39 is 12.4 Å². The fourth-order valence-electron chi connectivity index (χ4n) is 3.27. The van der Waals surface area contributed by atoms with Crippen LogP contribution in [0.25, 0.3) is 22.1 Å². The van der Waals surface area contributed by atoms with Gasteiger partial charge in [-0.25, -0.2) is 19.3 Å². The smallest absolute Gasteiger partial charge is 0.335 e. The van der Waals surface area contributed by atoms with Gasteiger partial charge in [-0.2, -0.15) is 13.5 Å². The van der Waals surface area contributed by atoms with Crippen molar-refractivity contribution in [2.45, 2.75) is 13.5 Å². The molecule has 1 N–H and O–H groups in total. The maximum atomic E-state index is 15.1. The average Bonchev–Trinajstić information content (AvgIpc) is 3.23. The molecule has 0 aliphatic heterocycles. The minimum Gasteiger partial charge on any atom is -0.457 e. The Morgan fingerprint density at radius 2 is 1.91 bits per heavy atom. The Morgan fingerprint density at radius 1 is 1.06 bits per heavy atom. The molecule has 0 aliphatic carbocycles. The zero-order valence-corrected chi connectivity index (χ0v) is 17.6. The van der Waals surface area contributed by atoms with E-state index in [0.29, 0.717) is 27.3 Å². The lowest BCUT2D eigenvalue weighted by Crippen LogP contribution is -2.01. The van der Waals surface area contributed by atoms with Gasteiger partial charge in [-0.1, -0.05) is 16.8 Å². The van der Waals surface area contributed by atoms with Crippen molar-refractivity contribution < 1.29 is 17.9 Å². The summed E-state index contributed by atoms with van der Waals surface area (Å²) in [4.78, 5) is 12.5. The number of ether oxygens (including phenoxy) is 1. The number of hydrogen-bond acceptors (Lipinski definition) is 7. The topological polar surface area (TPSA) is 90.6 Å². The zero-order chi connectivity index (χ0) is 23.1. The monoisotopic (exact) mass is 471 g/mol. The predicted molar refractivity (Wildman–Crippen MR) is 116 cm³/mol. The minimum atomic E-state index is -2.81. The summed E-state index contributed by atoms with van der Waals surface area (Å²) in [7, 11) is 0. The van der Waals surface area contributed by atoms with Crippen LogP contribution in [0.5, 0.6) is 11.5 Å². The molecule has 0 fully saturated rings. The summed E-state index contributed by atoms with van der Waals surface area (Å²) in [5.74, 6) is 0.271. The van der Waals surface area contributed by atoms with Crippen LogP contribution < -0.4 is 10.1 Å². The molecule has 33 heavy (non-hydrogen) atoms. The number of nitrogens with zero attached hydrogens (tertiary/aromatic N) is 6. The van der Waals surface area contributed by atoms with Gasteiger partial charge >= 0.3 is 6.55 Å². The van der Waals surface area contributed by atoms with Crippen molar-refractivity contribution >= 4 is 45.2 Å². The highest BCUT2D eigenvalue weighted by molar-refractivity contribution is 6.29. The second-order valence-corrected chi connectivity index (χ2v) is 7.35. The van der Waals surface area contributed by atoms with E-state index in [0.717, 1.165) is 0 Å². The largest absolute Gasteiger partial charge is 0.457 e. The molecule has 12 heteroatoms. The van der Waals surface area contributed by atoms with Crippen molar-refractivity contribution in [3.63, 3.8) is 0 Å². The van der Waals surface area contributed by atoms with Gasteiger partial charge in [0.15, 0.2) is 11.6 Å². The molecule has 3 heterocycles. The van der Waals surface area contributed by atoms with Crippen molar-refractivity contribution in [3.05, 3.63) is 65.3 Å². The number of alkyl halides is 2. The van der Waals surface area contributed by atoms with Crippen LogP contribution >= 0.6 is 11.6 Å². The molecular weight excluding hydrogens is 459 g/mol. The summed E-state index contributed by atoms with van der Waals surface area (Å²) in [6.45, 7) is -1.26. The molecule has 5 rings (SSSR count). The van der Waals surface area contributed by atoms with Crippen molar-refractivity contribution in [2.75, 3.05) is 5.32 Å². The van der Waals surface area contributed by atoms with Crippen LogP contribution in [0.3, 0.4) is 0 Å². The van der Waals surface area contributed by atoms with Crippen molar-refractivity contribution in [1.82, 2.24) is 29.9 Å². The summed E-state index contributed by atoms with van der Waals surface area (Å²) in [6, 6.07) is 10.7. The molecule has 0 saturated heterocycles. The molecule has 5 aromatic rings. The number of rotatable bonds is 5. The number of aromatic nitrogens is 6. The summed E-state index contributed by atoms with van der Waals surface area (Å²) < 4.78 is 47.3. The number of hydrogen-bond donors (Lipinski definition) is 1. The molecule has 0 aliphatic rings. The van der Waals surface area contributed by atoms with Crippen LogP contribution in [0.2, 0.25) is 5.15 Å². The standard InChI is InChI=1S/C21H13ClF3N7O/c1-10-16(33-11-2-5-15-14(8-11)30-31-32(15)21(24)25)6-3-12(18(10)23)28-20-19-13(26-9-27-20)4-7-17(22)29-19/h2-9,21H,1H3,(H,26,27,28). The zero-order valence-electron chi connectivity index (χ0n) is 16.8. The first-order chi connectivity index (χ1) is 15.9. The Bertz CT molecular complexity index is 1510. The highest BCUT2D eigenvalue weighted by atomic mass is 35.5. The number of benzene rings is 2. The maximum absolute atomic E-state index is 15.1. The van der Waals surface area contributed by atoms with Crippen LogP contribution in [0.1, 0.15) is 12.1 Å². The third-order valence-corrected chi connectivity index (χ3v) is 5.10. The van der Waals surface area contributed by atoms with Gasteiger partial charge in [0.2, 0.25) is 0 Å². The fourth-order valence-corrected chi connectivity index (χ4v) is 3.41. The van der Waals surface area contributed by atoms with Gasteiger partial charge in [-0.05, 0) is 43.3 Å². The van der Waals surface area contributed by atoms with Gasteiger partial charge in [-0.3, -0.25) is 0 Å². The third-order valence-electron chi connectivity index (χ3n) is 4.89. The number of nitrogens with one attached hydrogen (secondary N) is 1. The Kier molecular flexibility index (Phi) is 5.17. The molecular formula is C21H13ClF3N7O. The first kappa shape index (κ1) is 20.9. The molecule has 0 radical (unpaired) electrons. The van der Waals surface area contributed by atoms with Gasteiger partial charge in [0.25, 0.3) is 0 Å². The van der Waals surface area contributed by atoms with E-state index in [2.05, 4.69) is 30.6 Å². The predicted octanol–water partition coefficient (Wildman–Crippen LogP) is 5.80. The number of fused-ring (bicyclic) bond motifs is 2. The second-order valence-electron chi connectivity index (χ2n) is 6.96. The minimum absolute atomic E-state index is 0.150. The molecule has 2 aromatic carbocycles. The fraction of sp³-hybridized carbons (Fsp3) is 0.0952. The first-order valence-electron chi connectivity index (χ1n) is 9.55. The number of anilines is 2. The van der Waals surface area contributed by atoms with Crippen LogP contribution in [0, 0.1) is 12.7 Å². The van der Waals surface area contributed by atoms with Gasteiger partial charge in [-0.15, -0.1) is 5.10 Å². The van der Waals surface area contributed by atoms with E-state index >= 15 is 4.39 Å². The van der Waals surface area contributed by atoms with Gasteiger partial charge in [0.05, 0.1) is 16.7 Å². The highest BCUT2D eigenvalue weighted by Gasteiger charge is 2.16. The second kappa shape index (κ2) is 8.17. The van der Waals surface area contributed by atoms with Crippen LogP contribution in [-0.2, 0) is 0 Å². The van der Waals surface area contributed by atoms with Crippen LogP contribution in [-0.4, -0.2) is 29.9 Å². The normalized spacial score (nSPS) is 11.5. The van der Waals surface area contributed by atoms with E-state index in [-0.39, 0.29) is 33.2 Å². The third kappa shape index (κ3) is 3.87.